The summed E-state index contributed by atoms with van der Waals surface area (Å²) >= 11 is 0. The molecule has 0 heterocycles. The minimum absolute atomic E-state index is 1.03. The normalized spacial score (nSPS) is 12.9. The molecule has 7 heavy (non-hydrogen) atoms. The summed E-state index contributed by atoms with van der Waals surface area (Å²) in [5.74, 6) is 0. The van der Waals surface area contributed by atoms with Crippen molar-refractivity contribution in [1.29, 1.82) is 0 Å². The fraction of sp³-hybridized carbons (Fsp3) is 0.750. The summed E-state index contributed by atoms with van der Waals surface area (Å²) in [6, 6.07) is 0. The summed E-state index contributed by atoms with van der Waals surface area (Å²) in [6.07, 6.45) is -1.95. The molecule has 0 aliphatic carbocycles. The van der Waals surface area contributed by atoms with Crippen LogP contribution in [0.4, 0.5) is 8.78 Å². The van der Waals surface area contributed by atoms with E-state index < -0.39 is 12.0 Å². The highest BCUT2D eigenvalue weighted by Crippen LogP contribution is 2.20. The molecule has 0 aliphatic heterocycles. The van der Waals surface area contributed by atoms with Gasteiger partial charge in [0.2, 0.25) is 0 Å². The molecule has 0 saturated carbocycles. The van der Waals surface area contributed by atoms with E-state index in [4.69, 9.17) is 5.11 Å². The van der Waals surface area contributed by atoms with Crippen LogP contribution in [0.25, 0.3) is 0 Å². The van der Waals surface area contributed by atoms with Gasteiger partial charge in [0.25, 0.3) is 0 Å². The summed E-state index contributed by atoms with van der Waals surface area (Å²) in [6.45, 7) is 2.06. The third kappa shape index (κ3) is 2.51. The second-order valence-corrected chi connectivity index (χ2v) is 1.82. The number of aliphatic hydroxyl groups is 1. The van der Waals surface area contributed by atoms with Gasteiger partial charge in [-0.1, -0.05) is 0 Å². The maximum atomic E-state index is 11.2. The van der Waals surface area contributed by atoms with E-state index in [2.05, 4.69) is 0 Å². The van der Waals surface area contributed by atoms with Gasteiger partial charge in [-0.05, 0) is 13.8 Å². The number of halogens is 2. The summed E-state index contributed by atoms with van der Waals surface area (Å²) in [7, 11) is 0. The Bertz CT molecular complexity index is 55.2. The van der Waals surface area contributed by atoms with E-state index in [-0.39, 0.29) is 0 Å². The molecular formula is C4H7F2O. The first-order valence-electron chi connectivity index (χ1n) is 1.85. The molecule has 1 nitrogen and oxygen atoms in total. The summed E-state index contributed by atoms with van der Waals surface area (Å²) in [4.78, 5) is 0. The molecule has 0 unspecified atom stereocenters. The van der Waals surface area contributed by atoms with Crippen LogP contribution in [-0.2, 0) is 0 Å². The van der Waals surface area contributed by atoms with Crippen LogP contribution in [0.15, 0.2) is 0 Å². The molecule has 0 spiro atoms. The molecule has 0 atom stereocenters. The van der Waals surface area contributed by atoms with Gasteiger partial charge in [0.15, 0.2) is 0 Å². The van der Waals surface area contributed by atoms with Gasteiger partial charge < -0.3 is 5.11 Å². The van der Waals surface area contributed by atoms with Gasteiger partial charge in [-0.15, -0.1) is 0 Å². The van der Waals surface area contributed by atoms with Gasteiger partial charge in [0.1, 0.15) is 5.60 Å². The molecule has 0 aromatic carbocycles. The molecule has 0 amide bonds. The maximum absolute atomic E-state index is 11.2. The molecule has 3 heteroatoms. The second kappa shape index (κ2) is 1.74. The van der Waals surface area contributed by atoms with Crippen molar-refractivity contribution in [3.8, 4) is 0 Å². The second-order valence-electron chi connectivity index (χ2n) is 1.82. The predicted octanol–water partition coefficient (Wildman–Crippen LogP) is 1.19. The van der Waals surface area contributed by atoms with E-state index in [1.54, 1.807) is 0 Å². The fourth-order valence-corrected chi connectivity index (χ4v) is 0. The zero-order chi connectivity index (χ0) is 6.08. The van der Waals surface area contributed by atoms with Gasteiger partial charge in [0, 0.05) is 0 Å². The third-order valence-electron chi connectivity index (χ3n) is 0.462. The van der Waals surface area contributed by atoms with Gasteiger partial charge >= 0.3 is 6.43 Å². The quantitative estimate of drug-likeness (QED) is 0.536. The van der Waals surface area contributed by atoms with Crippen LogP contribution in [-0.4, -0.2) is 10.7 Å². The van der Waals surface area contributed by atoms with Gasteiger partial charge in [-0.3, -0.25) is 0 Å². The van der Waals surface area contributed by atoms with Crippen LogP contribution in [0.3, 0.4) is 0 Å². The Kier molecular flexibility index (Phi) is 1.69. The average Bonchev–Trinajstić information content (AvgIpc) is 1.31. The third-order valence-corrected chi connectivity index (χ3v) is 0.462. The zero-order valence-electron chi connectivity index (χ0n) is 4.20. The van der Waals surface area contributed by atoms with Crippen molar-refractivity contribution >= 4 is 0 Å². The molecule has 0 rings (SSSR count). The topological polar surface area (TPSA) is 20.2 Å². The van der Waals surface area contributed by atoms with Crippen LogP contribution in [0.1, 0.15) is 13.8 Å². The van der Waals surface area contributed by atoms with Crippen molar-refractivity contribution < 1.29 is 13.9 Å². The van der Waals surface area contributed by atoms with E-state index in [0.29, 0.717) is 0 Å². The summed E-state index contributed by atoms with van der Waals surface area (Å²) in [5.41, 5.74) is -1.92. The summed E-state index contributed by atoms with van der Waals surface area (Å²) < 4.78 is 22.4. The molecule has 0 aromatic rings. The smallest absolute Gasteiger partial charge is 0.340 e. The van der Waals surface area contributed by atoms with Crippen molar-refractivity contribution in [3.05, 3.63) is 6.43 Å². The van der Waals surface area contributed by atoms with Crippen molar-refractivity contribution in [2.75, 3.05) is 0 Å². The van der Waals surface area contributed by atoms with E-state index in [1.807, 2.05) is 0 Å². The van der Waals surface area contributed by atoms with E-state index in [0.717, 1.165) is 13.8 Å². The van der Waals surface area contributed by atoms with Crippen LogP contribution >= 0.6 is 0 Å². The highest BCUT2D eigenvalue weighted by Gasteiger charge is 2.27. The Morgan fingerprint density at radius 1 is 1.43 bits per heavy atom. The molecule has 0 saturated heterocycles. The Labute approximate surface area is 41.0 Å². The lowest BCUT2D eigenvalue weighted by molar-refractivity contribution is 0.00634. The lowest BCUT2D eigenvalue weighted by Gasteiger charge is -2.11. The van der Waals surface area contributed by atoms with Crippen molar-refractivity contribution in [2.24, 2.45) is 0 Å². The van der Waals surface area contributed by atoms with Gasteiger partial charge in [-0.2, -0.15) is 8.78 Å². The highest BCUT2D eigenvalue weighted by molar-refractivity contribution is 4.82. The van der Waals surface area contributed by atoms with Crippen LogP contribution < -0.4 is 0 Å². The summed E-state index contributed by atoms with van der Waals surface area (Å²) in [5, 5.41) is 8.31. The standard InChI is InChI=1S/C4H7F2O/c1-4(2,7)3(5)6/h7H,1-2H3. The molecule has 0 aromatic heterocycles. The first-order valence-corrected chi connectivity index (χ1v) is 1.85. The lowest BCUT2D eigenvalue weighted by atomic mass is 10.2. The van der Waals surface area contributed by atoms with Crippen molar-refractivity contribution in [1.82, 2.24) is 0 Å². The van der Waals surface area contributed by atoms with Crippen molar-refractivity contribution in [3.63, 3.8) is 0 Å². The molecule has 43 valence electrons. The Balaban J connectivity index is 3.54. The minimum atomic E-state index is -1.95. The number of rotatable bonds is 1. The van der Waals surface area contributed by atoms with Crippen molar-refractivity contribution in [2.45, 2.75) is 19.4 Å². The first kappa shape index (κ1) is 6.82. The SMILES string of the molecule is CC(C)(O)[C](F)F. The molecule has 0 bridgehead atoms. The Morgan fingerprint density at radius 3 is 1.57 bits per heavy atom. The zero-order valence-corrected chi connectivity index (χ0v) is 4.20. The molecule has 1 N–H and O–H groups in total. The molecular weight excluding hydrogens is 102 g/mol. The number of hydrogen-bond donors (Lipinski definition) is 1. The van der Waals surface area contributed by atoms with Crippen LogP contribution in [0, 0.1) is 6.43 Å². The van der Waals surface area contributed by atoms with Crippen LogP contribution in [0.2, 0.25) is 0 Å². The van der Waals surface area contributed by atoms with E-state index in [9.17, 15) is 8.78 Å². The maximum Gasteiger partial charge on any atom is 0.340 e. The lowest BCUT2D eigenvalue weighted by Crippen LogP contribution is -2.22. The minimum Gasteiger partial charge on any atom is -0.384 e. The van der Waals surface area contributed by atoms with Crippen LogP contribution in [0.5, 0.6) is 0 Å². The monoisotopic (exact) mass is 109 g/mol. The van der Waals surface area contributed by atoms with Gasteiger partial charge in [0.05, 0.1) is 0 Å². The first-order chi connectivity index (χ1) is 2.94. The number of hydrogen-bond acceptors (Lipinski definition) is 1. The Morgan fingerprint density at radius 2 is 1.57 bits per heavy atom. The molecule has 0 aliphatic rings. The van der Waals surface area contributed by atoms with E-state index in [1.165, 1.54) is 0 Å². The van der Waals surface area contributed by atoms with Gasteiger partial charge in [-0.25, -0.2) is 0 Å². The van der Waals surface area contributed by atoms with E-state index >= 15 is 0 Å². The molecule has 0 fully saturated rings. The molecule has 1 radical (unpaired) electrons. The highest BCUT2D eigenvalue weighted by atomic mass is 19.3. The fourth-order valence-electron chi connectivity index (χ4n) is 0. The average molecular weight is 109 g/mol. The largest absolute Gasteiger partial charge is 0.384 e. The predicted molar refractivity (Wildman–Crippen MR) is 21.8 cm³/mol. The Hall–Kier alpha value is -0.180.